The van der Waals surface area contributed by atoms with Crippen molar-refractivity contribution in [2.75, 3.05) is 7.05 Å². The summed E-state index contributed by atoms with van der Waals surface area (Å²) in [5, 5.41) is 11.8. The number of nitrogens with zero attached hydrogens (tertiary/aromatic N) is 2. The van der Waals surface area contributed by atoms with Gasteiger partial charge < -0.3 is 5.32 Å². The Kier molecular flexibility index (Phi) is 4.47. The molecule has 0 saturated heterocycles. The average Bonchev–Trinajstić information content (AvgIpc) is 2.30. The third-order valence-electron chi connectivity index (χ3n) is 2.62. The summed E-state index contributed by atoms with van der Waals surface area (Å²) in [5.74, 6) is 0. The lowest BCUT2D eigenvalue weighted by Crippen LogP contribution is -2.09. The Bertz CT molecular complexity index is 493. The molecule has 0 saturated carbocycles. The molecular formula is C14H17N3. The minimum Gasteiger partial charge on any atom is -0.386 e. The molecule has 0 aliphatic heterocycles. The molecule has 0 fully saturated rings. The molecule has 0 aliphatic carbocycles. The fourth-order valence-corrected chi connectivity index (χ4v) is 1.69. The zero-order chi connectivity index (χ0) is 12.8. The lowest BCUT2D eigenvalue weighted by Gasteiger charge is -2.11. The van der Waals surface area contributed by atoms with Gasteiger partial charge in [-0.1, -0.05) is 18.7 Å². The summed E-state index contributed by atoms with van der Waals surface area (Å²) in [6.07, 6.45) is 2.19. The van der Waals surface area contributed by atoms with E-state index in [9.17, 15) is 0 Å². The average molecular weight is 227 g/mol. The zero-order valence-corrected chi connectivity index (χ0v) is 10.5. The molecule has 0 aliphatic rings. The maximum absolute atomic E-state index is 8.72. The van der Waals surface area contributed by atoms with Gasteiger partial charge in [-0.2, -0.15) is 5.26 Å². The van der Waals surface area contributed by atoms with Crippen LogP contribution in [0.2, 0.25) is 0 Å². The number of aryl methyl sites for hydroxylation is 1. The number of rotatable bonds is 4. The van der Waals surface area contributed by atoms with Crippen molar-refractivity contribution in [3.63, 3.8) is 0 Å². The van der Waals surface area contributed by atoms with Gasteiger partial charge in [0, 0.05) is 12.7 Å². The molecule has 0 amide bonds. The minimum absolute atomic E-state index is 0.403. The molecule has 1 N–H and O–H groups in total. The van der Waals surface area contributed by atoms with Gasteiger partial charge in [-0.15, -0.1) is 0 Å². The standard InChI is InChI=1S/C14H17N3/c1-5-12-6-7-13(17-11(12)3)14(16-4)10(2)8-9-15/h5-7,16H,1,8H2,2-4H3/b14-10+. The van der Waals surface area contributed by atoms with E-state index in [2.05, 4.69) is 22.9 Å². The second-order valence-electron chi connectivity index (χ2n) is 3.82. The Balaban J connectivity index is 3.23. The normalized spacial score (nSPS) is 11.4. The summed E-state index contributed by atoms with van der Waals surface area (Å²) in [7, 11) is 1.84. The van der Waals surface area contributed by atoms with E-state index in [0.717, 1.165) is 28.2 Å². The fraction of sp³-hybridized carbons (Fsp3) is 0.286. The molecule has 1 rings (SSSR count). The summed E-state index contributed by atoms with van der Waals surface area (Å²) in [5.41, 5.74) is 4.75. The molecule has 0 atom stereocenters. The van der Waals surface area contributed by atoms with E-state index in [1.165, 1.54) is 0 Å². The van der Waals surface area contributed by atoms with E-state index in [0.29, 0.717) is 6.42 Å². The van der Waals surface area contributed by atoms with Gasteiger partial charge in [0.25, 0.3) is 0 Å². The second kappa shape index (κ2) is 5.86. The number of aromatic nitrogens is 1. The number of hydrogen-bond acceptors (Lipinski definition) is 3. The van der Waals surface area contributed by atoms with Gasteiger partial charge in [0.2, 0.25) is 0 Å². The predicted octanol–water partition coefficient (Wildman–Crippen LogP) is 2.90. The number of hydrogen-bond donors (Lipinski definition) is 1. The van der Waals surface area contributed by atoms with Gasteiger partial charge >= 0.3 is 0 Å². The molecule has 3 heteroatoms. The van der Waals surface area contributed by atoms with E-state index in [-0.39, 0.29) is 0 Å². The highest BCUT2D eigenvalue weighted by Crippen LogP contribution is 2.18. The van der Waals surface area contributed by atoms with Gasteiger partial charge in [0.05, 0.1) is 23.9 Å². The predicted molar refractivity (Wildman–Crippen MR) is 70.9 cm³/mol. The van der Waals surface area contributed by atoms with E-state index in [4.69, 9.17) is 5.26 Å². The van der Waals surface area contributed by atoms with Crippen LogP contribution in [0.15, 0.2) is 24.3 Å². The molecule has 17 heavy (non-hydrogen) atoms. The molecular weight excluding hydrogens is 210 g/mol. The maximum atomic E-state index is 8.72. The maximum Gasteiger partial charge on any atom is 0.0864 e. The van der Waals surface area contributed by atoms with Crippen LogP contribution in [0.4, 0.5) is 0 Å². The fourth-order valence-electron chi connectivity index (χ4n) is 1.69. The van der Waals surface area contributed by atoms with Crippen molar-refractivity contribution in [2.45, 2.75) is 20.3 Å². The third kappa shape index (κ3) is 2.94. The molecule has 0 unspecified atom stereocenters. The molecule has 1 heterocycles. The van der Waals surface area contributed by atoms with Crippen molar-refractivity contribution >= 4 is 11.8 Å². The van der Waals surface area contributed by atoms with Crippen LogP contribution < -0.4 is 5.32 Å². The summed E-state index contributed by atoms with van der Waals surface area (Å²) in [4.78, 5) is 4.52. The van der Waals surface area contributed by atoms with Crippen LogP contribution in [0.5, 0.6) is 0 Å². The first-order valence-electron chi connectivity index (χ1n) is 5.49. The first-order valence-corrected chi connectivity index (χ1v) is 5.49. The monoisotopic (exact) mass is 227 g/mol. The van der Waals surface area contributed by atoms with Gasteiger partial charge in [0.15, 0.2) is 0 Å². The molecule has 3 nitrogen and oxygen atoms in total. The highest BCUT2D eigenvalue weighted by molar-refractivity contribution is 5.65. The first-order chi connectivity index (χ1) is 8.13. The van der Waals surface area contributed by atoms with Crippen LogP contribution in [0, 0.1) is 18.3 Å². The Morgan fingerprint density at radius 3 is 2.76 bits per heavy atom. The van der Waals surface area contributed by atoms with Crippen LogP contribution in [-0.2, 0) is 0 Å². The Labute approximate surface area is 102 Å². The van der Waals surface area contributed by atoms with Crippen molar-refractivity contribution in [2.24, 2.45) is 0 Å². The lowest BCUT2D eigenvalue weighted by molar-refractivity contribution is 1.03. The topological polar surface area (TPSA) is 48.7 Å². The Morgan fingerprint density at radius 2 is 2.29 bits per heavy atom. The number of nitrogens with one attached hydrogen (secondary N) is 1. The Hall–Kier alpha value is -2.08. The summed E-state index contributed by atoms with van der Waals surface area (Å²) in [6, 6.07) is 6.08. The van der Waals surface area contributed by atoms with E-state index in [1.54, 1.807) is 6.08 Å². The highest BCUT2D eigenvalue weighted by Gasteiger charge is 2.07. The Morgan fingerprint density at radius 1 is 1.59 bits per heavy atom. The molecule has 1 aromatic rings. The molecule has 0 spiro atoms. The highest BCUT2D eigenvalue weighted by atomic mass is 14.9. The van der Waals surface area contributed by atoms with E-state index in [1.807, 2.05) is 33.0 Å². The van der Waals surface area contributed by atoms with Gasteiger partial charge in [-0.3, -0.25) is 4.98 Å². The van der Waals surface area contributed by atoms with Crippen molar-refractivity contribution in [3.8, 4) is 6.07 Å². The summed E-state index contributed by atoms with van der Waals surface area (Å²) >= 11 is 0. The number of pyridine rings is 1. The van der Waals surface area contributed by atoms with Gasteiger partial charge in [-0.05, 0) is 31.1 Å². The van der Waals surface area contributed by atoms with Crippen LogP contribution in [0.25, 0.3) is 11.8 Å². The van der Waals surface area contributed by atoms with Crippen LogP contribution >= 0.6 is 0 Å². The van der Waals surface area contributed by atoms with Crippen LogP contribution in [0.3, 0.4) is 0 Å². The quantitative estimate of drug-likeness (QED) is 0.860. The van der Waals surface area contributed by atoms with Crippen LogP contribution in [-0.4, -0.2) is 12.0 Å². The van der Waals surface area contributed by atoms with Crippen LogP contribution in [0.1, 0.15) is 30.3 Å². The summed E-state index contributed by atoms with van der Waals surface area (Å²) in [6.45, 7) is 7.63. The minimum atomic E-state index is 0.403. The molecule has 0 radical (unpaired) electrons. The molecule has 88 valence electrons. The smallest absolute Gasteiger partial charge is 0.0864 e. The largest absolute Gasteiger partial charge is 0.386 e. The first kappa shape index (κ1) is 13.0. The van der Waals surface area contributed by atoms with E-state index >= 15 is 0 Å². The van der Waals surface area contributed by atoms with Crippen molar-refractivity contribution in [1.82, 2.24) is 10.3 Å². The number of allylic oxidation sites excluding steroid dienone is 1. The molecule has 0 aromatic carbocycles. The summed E-state index contributed by atoms with van der Waals surface area (Å²) < 4.78 is 0. The molecule has 1 aromatic heterocycles. The van der Waals surface area contributed by atoms with Crippen molar-refractivity contribution < 1.29 is 0 Å². The lowest BCUT2D eigenvalue weighted by atomic mass is 10.1. The third-order valence-corrected chi connectivity index (χ3v) is 2.62. The zero-order valence-electron chi connectivity index (χ0n) is 10.5. The van der Waals surface area contributed by atoms with E-state index < -0.39 is 0 Å². The van der Waals surface area contributed by atoms with Crippen molar-refractivity contribution in [1.29, 1.82) is 5.26 Å². The van der Waals surface area contributed by atoms with Gasteiger partial charge in [-0.25, -0.2) is 0 Å². The van der Waals surface area contributed by atoms with Gasteiger partial charge in [0.1, 0.15) is 0 Å². The second-order valence-corrected chi connectivity index (χ2v) is 3.82. The number of nitriles is 1. The molecule has 0 bridgehead atoms. The SMILES string of the molecule is C=Cc1ccc(/C(NC)=C(/C)CC#N)nc1C. The van der Waals surface area contributed by atoms with Crippen molar-refractivity contribution in [3.05, 3.63) is 41.2 Å².